The van der Waals surface area contributed by atoms with Crippen LogP contribution in [0.1, 0.15) is 11.1 Å². The number of aliphatic hydroxyl groups is 1. The first-order valence-electron chi connectivity index (χ1n) is 5.32. The Kier molecular flexibility index (Phi) is 4.58. The van der Waals surface area contributed by atoms with Gasteiger partial charge in [-0.3, -0.25) is 4.98 Å². The second-order valence-electron chi connectivity index (χ2n) is 3.64. The van der Waals surface area contributed by atoms with Gasteiger partial charge in [-0.1, -0.05) is 23.7 Å². The summed E-state index contributed by atoms with van der Waals surface area (Å²) in [6.07, 6.45) is 3.24. The van der Waals surface area contributed by atoms with Crippen molar-refractivity contribution in [2.24, 2.45) is 0 Å². The first kappa shape index (κ1) is 13.3. The summed E-state index contributed by atoms with van der Waals surface area (Å²) in [7, 11) is 0. The van der Waals surface area contributed by atoms with Gasteiger partial charge in [0.15, 0.2) is 0 Å². The van der Waals surface area contributed by atoms with Gasteiger partial charge in [-0.2, -0.15) is 0 Å². The van der Waals surface area contributed by atoms with E-state index in [-0.39, 0.29) is 6.61 Å². The Morgan fingerprint density at radius 2 is 2.11 bits per heavy atom. The standard InChI is InChI=1S/C13H11BrClNO2/c14-11-3-1-2-9(7-17)13(11)18-8-10-4-5-16-6-12(10)15/h1-6,17H,7-8H2. The molecule has 2 rings (SSSR count). The third kappa shape index (κ3) is 3.02. The van der Waals surface area contributed by atoms with Gasteiger partial charge in [0.05, 0.1) is 16.1 Å². The summed E-state index contributed by atoms with van der Waals surface area (Å²) in [5.74, 6) is 0.632. The predicted octanol–water partition coefficient (Wildman–Crippen LogP) is 3.57. The van der Waals surface area contributed by atoms with Crippen molar-refractivity contribution in [2.45, 2.75) is 13.2 Å². The molecule has 0 aliphatic rings. The Labute approximate surface area is 119 Å². The molecule has 2 aromatic rings. The number of aromatic nitrogens is 1. The van der Waals surface area contributed by atoms with Crippen LogP contribution in [-0.4, -0.2) is 10.1 Å². The van der Waals surface area contributed by atoms with Crippen molar-refractivity contribution in [3.05, 3.63) is 57.3 Å². The summed E-state index contributed by atoms with van der Waals surface area (Å²) in [6.45, 7) is 0.260. The van der Waals surface area contributed by atoms with Crippen LogP contribution in [0.25, 0.3) is 0 Å². The Morgan fingerprint density at radius 1 is 1.28 bits per heavy atom. The number of ether oxygens (including phenoxy) is 1. The summed E-state index contributed by atoms with van der Waals surface area (Å²) in [6, 6.07) is 7.33. The van der Waals surface area contributed by atoms with Crippen molar-refractivity contribution in [2.75, 3.05) is 0 Å². The van der Waals surface area contributed by atoms with Gasteiger partial charge in [-0.05, 0) is 28.1 Å². The minimum atomic E-state index is -0.0706. The molecule has 0 atom stereocenters. The Hall–Kier alpha value is -1.10. The smallest absolute Gasteiger partial charge is 0.139 e. The van der Waals surface area contributed by atoms with E-state index in [2.05, 4.69) is 20.9 Å². The molecule has 0 bridgehead atoms. The molecule has 0 radical (unpaired) electrons. The maximum atomic E-state index is 9.26. The molecule has 0 aliphatic heterocycles. The molecule has 1 N–H and O–H groups in total. The van der Waals surface area contributed by atoms with Crippen LogP contribution in [-0.2, 0) is 13.2 Å². The van der Waals surface area contributed by atoms with E-state index in [1.165, 1.54) is 0 Å². The third-order valence-electron chi connectivity index (χ3n) is 2.45. The second kappa shape index (κ2) is 6.18. The van der Waals surface area contributed by atoms with Gasteiger partial charge in [-0.25, -0.2) is 0 Å². The molecule has 94 valence electrons. The number of aliphatic hydroxyl groups excluding tert-OH is 1. The zero-order valence-corrected chi connectivity index (χ0v) is 11.8. The summed E-state index contributed by atoms with van der Waals surface area (Å²) < 4.78 is 6.51. The quantitative estimate of drug-likeness (QED) is 0.933. The lowest BCUT2D eigenvalue weighted by Crippen LogP contribution is -2.00. The van der Waals surface area contributed by atoms with E-state index in [0.717, 1.165) is 15.6 Å². The minimum Gasteiger partial charge on any atom is -0.487 e. The number of pyridine rings is 1. The van der Waals surface area contributed by atoms with E-state index in [9.17, 15) is 5.11 Å². The molecule has 1 heterocycles. The van der Waals surface area contributed by atoms with Crippen LogP contribution in [0.15, 0.2) is 41.1 Å². The van der Waals surface area contributed by atoms with E-state index in [0.29, 0.717) is 17.4 Å². The van der Waals surface area contributed by atoms with E-state index in [4.69, 9.17) is 16.3 Å². The fourth-order valence-electron chi connectivity index (χ4n) is 1.51. The number of nitrogens with zero attached hydrogens (tertiary/aromatic N) is 1. The third-order valence-corrected chi connectivity index (χ3v) is 3.41. The van der Waals surface area contributed by atoms with Gasteiger partial charge in [-0.15, -0.1) is 0 Å². The molecule has 0 amide bonds. The molecule has 5 heteroatoms. The largest absolute Gasteiger partial charge is 0.487 e. The minimum absolute atomic E-state index is 0.0706. The molecule has 1 aromatic heterocycles. The molecule has 18 heavy (non-hydrogen) atoms. The van der Waals surface area contributed by atoms with Gasteiger partial charge in [0.25, 0.3) is 0 Å². The molecule has 0 saturated heterocycles. The predicted molar refractivity (Wildman–Crippen MR) is 73.6 cm³/mol. The lowest BCUT2D eigenvalue weighted by atomic mass is 10.2. The van der Waals surface area contributed by atoms with Gasteiger partial charge < -0.3 is 9.84 Å². The van der Waals surface area contributed by atoms with Crippen molar-refractivity contribution in [3.8, 4) is 5.75 Å². The van der Waals surface area contributed by atoms with Gasteiger partial charge in [0, 0.05) is 23.5 Å². The number of benzene rings is 1. The van der Waals surface area contributed by atoms with Crippen molar-refractivity contribution in [3.63, 3.8) is 0 Å². The SMILES string of the molecule is OCc1cccc(Br)c1OCc1ccncc1Cl. The zero-order valence-electron chi connectivity index (χ0n) is 9.44. The van der Waals surface area contributed by atoms with Crippen LogP contribution in [0.4, 0.5) is 0 Å². The van der Waals surface area contributed by atoms with Gasteiger partial charge in [0.1, 0.15) is 12.4 Å². The summed E-state index contributed by atoms with van der Waals surface area (Å²) in [5.41, 5.74) is 1.58. The van der Waals surface area contributed by atoms with Crippen LogP contribution in [0, 0.1) is 0 Å². The van der Waals surface area contributed by atoms with Crippen molar-refractivity contribution < 1.29 is 9.84 Å². The van der Waals surface area contributed by atoms with Crippen LogP contribution >= 0.6 is 27.5 Å². The molecule has 0 spiro atoms. The summed E-state index contributed by atoms with van der Waals surface area (Å²) in [4.78, 5) is 3.91. The average molecular weight is 329 g/mol. The average Bonchev–Trinajstić information content (AvgIpc) is 2.39. The molecule has 3 nitrogen and oxygen atoms in total. The number of para-hydroxylation sites is 1. The lowest BCUT2D eigenvalue weighted by Gasteiger charge is -2.12. The van der Waals surface area contributed by atoms with Crippen LogP contribution in [0.2, 0.25) is 5.02 Å². The normalized spacial score (nSPS) is 10.4. The van der Waals surface area contributed by atoms with Gasteiger partial charge in [0.2, 0.25) is 0 Å². The Bertz CT molecular complexity index is 548. The number of rotatable bonds is 4. The molecule has 0 unspecified atom stereocenters. The van der Waals surface area contributed by atoms with Crippen LogP contribution < -0.4 is 4.74 Å². The molecule has 1 aromatic carbocycles. The van der Waals surface area contributed by atoms with Crippen LogP contribution in [0.3, 0.4) is 0 Å². The highest BCUT2D eigenvalue weighted by Crippen LogP contribution is 2.30. The maximum Gasteiger partial charge on any atom is 0.139 e. The highest BCUT2D eigenvalue weighted by Gasteiger charge is 2.08. The van der Waals surface area contributed by atoms with Crippen molar-refractivity contribution >= 4 is 27.5 Å². The lowest BCUT2D eigenvalue weighted by molar-refractivity contribution is 0.258. The second-order valence-corrected chi connectivity index (χ2v) is 4.90. The monoisotopic (exact) mass is 327 g/mol. The van der Waals surface area contributed by atoms with Crippen LogP contribution in [0.5, 0.6) is 5.75 Å². The highest BCUT2D eigenvalue weighted by atomic mass is 79.9. The maximum absolute atomic E-state index is 9.26. The topological polar surface area (TPSA) is 42.4 Å². The fraction of sp³-hybridized carbons (Fsp3) is 0.154. The number of hydrogen-bond acceptors (Lipinski definition) is 3. The van der Waals surface area contributed by atoms with E-state index < -0.39 is 0 Å². The zero-order chi connectivity index (χ0) is 13.0. The number of hydrogen-bond donors (Lipinski definition) is 1. The van der Waals surface area contributed by atoms with Crippen molar-refractivity contribution in [1.82, 2.24) is 4.98 Å². The Morgan fingerprint density at radius 3 is 2.83 bits per heavy atom. The van der Waals surface area contributed by atoms with E-state index >= 15 is 0 Å². The molecular formula is C13H11BrClNO2. The highest BCUT2D eigenvalue weighted by molar-refractivity contribution is 9.10. The first-order valence-corrected chi connectivity index (χ1v) is 6.49. The first-order chi connectivity index (χ1) is 8.72. The number of halogens is 2. The molecule has 0 fully saturated rings. The van der Waals surface area contributed by atoms with Gasteiger partial charge >= 0.3 is 0 Å². The molecule has 0 saturated carbocycles. The summed E-state index contributed by atoms with van der Waals surface area (Å²) >= 11 is 9.40. The van der Waals surface area contributed by atoms with Crippen molar-refractivity contribution in [1.29, 1.82) is 0 Å². The Balaban J connectivity index is 2.18. The fourth-order valence-corrected chi connectivity index (χ4v) is 2.21. The van der Waals surface area contributed by atoms with E-state index in [1.807, 2.05) is 18.2 Å². The molecule has 0 aliphatic carbocycles. The molecular weight excluding hydrogens is 318 g/mol. The summed E-state index contributed by atoms with van der Waals surface area (Å²) in [5, 5.41) is 9.82. The van der Waals surface area contributed by atoms with E-state index in [1.54, 1.807) is 18.5 Å².